The Balaban J connectivity index is 3.25. The van der Waals surface area contributed by atoms with Crippen molar-refractivity contribution in [1.29, 1.82) is 0 Å². The van der Waals surface area contributed by atoms with Gasteiger partial charge in [0.15, 0.2) is 11.5 Å². The Bertz CT molecular complexity index is 331. The minimum Gasteiger partial charge on any atom is -0.504 e. The van der Waals surface area contributed by atoms with Crippen LogP contribution in [-0.4, -0.2) is 18.8 Å². The molecule has 0 fully saturated rings. The predicted octanol–water partition coefficient (Wildman–Crippen LogP) is 0.498. The SMILES string of the molecule is COc1ccc(F)c([C@@H](N)CN)c1O. The third-order valence-corrected chi connectivity index (χ3v) is 1.97. The Labute approximate surface area is 81.3 Å². The van der Waals surface area contributed by atoms with E-state index < -0.39 is 11.9 Å². The normalized spacial score (nSPS) is 12.6. The van der Waals surface area contributed by atoms with Crippen molar-refractivity contribution in [3.63, 3.8) is 0 Å². The molecule has 0 aromatic heterocycles. The second-order valence-electron chi connectivity index (χ2n) is 2.85. The van der Waals surface area contributed by atoms with Gasteiger partial charge in [0, 0.05) is 12.6 Å². The summed E-state index contributed by atoms with van der Waals surface area (Å²) in [4.78, 5) is 0. The van der Waals surface area contributed by atoms with Crippen molar-refractivity contribution in [2.75, 3.05) is 13.7 Å². The van der Waals surface area contributed by atoms with Gasteiger partial charge in [-0.05, 0) is 12.1 Å². The summed E-state index contributed by atoms with van der Waals surface area (Å²) in [5.41, 5.74) is 10.8. The highest BCUT2D eigenvalue weighted by molar-refractivity contribution is 5.47. The fourth-order valence-corrected chi connectivity index (χ4v) is 1.20. The third-order valence-electron chi connectivity index (χ3n) is 1.97. The zero-order valence-corrected chi connectivity index (χ0v) is 7.83. The number of phenolic OH excluding ortho intramolecular Hbond substituents is 1. The van der Waals surface area contributed by atoms with Crippen LogP contribution in [0.25, 0.3) is 0 Å². The van der Waals surface area contributed by atoms with Gasteiger partial charge in [0.2, 0.25) is 0 Å². The van der Waals surface area contributed by atoms with E-state index in [9.17, 15) is 9.50 Å². The number of rotatable bonds is 3. The summed E-state index contributed by atoms with van der Waals surface area (Å²) in [7, 11) is 1.38. The van der Waals surface area contributed by atoms with Crippen molar-refractivity contribution in [2.45, 2.75) is 6.04 Å². The zero-order valence-electron chi connectivity index (χ0n) is 7.83. The Hall–Kier alpha value is -1.33. The molecule has 0 aliphatic heterocycles. The Morgan fingerprint density at radius 3 is 2.71 bits per heavy atom. The first-order valence-electron chi connectivity index (χ1n) is 4.12. The molecule has 0 bridgehead atoms. The number of hydrogen-bond donors (Lipinski definition) is 3. The van der Waals surface area contributed by atoms with E-state index in [1.165, 1.54) is 19.2 Å². The van der Waals surface area contributed by atoms with Crippen LogP contribution in [0.2, 0.25) is 0 Å². The van der Waals surface area contributed by atoms with Gasteiger partial charge < -0.3 is 21.3 Å². The summed E-state index contributed by atoms with van der Waals surface area (Å²) >= 11 is 0. The molecule has 0 radical (unpaired) electrons. The number of phenols is 1. The first-order valence-corrected chi connectivity index (χ1v) is 4.12. The second kappa shape index (κ2) is 4.26. The largest absolute Gasteiger partial charge is 0.504 e. The minimum absolute atomic E-state index is 0.00755. The number of nitrogens with two attached hydrogens (primary N) is 2. The fraction of sp³-hybridized carbons (Fsp3) is 0.333. The molecular weight excluding hydrogens is 187 g/mol. The average molecular weight is 200 g/mol. The molecule has 5 heteroatoms. The maximum absolute atomic E-state index is 13.3. The van der Waals surface area contributed by atoms with Crippen molar-refractivity contribution in [3.8, 4) is 11.5 Å². The van der Waals surface area contributed by atoms with Gasteiger partial charge in [-0.3, -0.25) is 0 Å². The number of aromatic hydroxyl groups is 1. The number of hydrogen-bond acceptors (Lipinski definition) is 4. The van der Waals surface area contributed by atoms with Gasteiger partial charge in [-0.1, -0.05) is 0 Å². The molecule has 1 rings (SSSR count). The second-order valence-corrected chi connectivity index (χ2v) is 2.85. The van der Waals surface area contributed by atoms with E-state index in [-0.39, 0.29) is 23.6 Å². The summed E-state index contributed by atoms with van der Waals surface area (Å²) in [5, 5.41) is 9.57. The van der Waals surface area contributed by atoms with Crippen LogP contribution in [0.5, 0.6) is 11.5 Å². The van der Waals surface area contributed by atoms with Crippen molar-refractivity contribution in [1.82, 2.24) is 0 Å². The summed E-state index contributed by atoms with van der Waals surface area (Å²) in [6.45, 7) is 0.0532. The van der Waals surface area contributed by atoms with Crippen LogP contribution in [0.3, 0.4) is 0 Å². The van der Waals surface area contributed by atoms with Gasteiger partial charge in [-0.15, -0.1) is 0 Å². The standard InChI is InChI=1S/C9H13FN2O2/c1-14-7-3-2-5(10)8(9(7)13)6(12)4-11/h2-3,6,13H,4,11-12H2,1H3/t6-/m0/s1. The quantitative estimate of drug-likeness (QED) is 0.663. The van der Waals surface area contributed by atoms with Crippen molar-refractivity contribution >= 4 is 0 Å². The van der Waals surface area contributed by atoms with Crippen LogP contribution in [0.4, 0.5) is 4.39 Å². The summed E-state index contributed by atoms with van der Waals surface area (Å²) < 4.78 is 18.1. The van der Waals surface area contributed by atoms with Crippen molar-refractivity contribution in [3.05, 3.63) is 23.5 Å². The lowest BCUT2D eigenvalue weighted by molar-refractivity contribution is 0.364. The average Bonchev–Trinajstić information content (AvgIpc) is 2.18. The summed E-state index contributed by atoms with van der Waals surface area (Å²) in [6.07, 6.45) is 0. The van der Waals surface area contributed by atoms with Gasteiger partial charge in [-0.2, -0.15) is 0 Å². The maximum atomic E-state index is 13.3. The Morgan fingerprint density at radius 2 is 2.21 bits per heavy atom. The minimum atomic E-state index is -0.731. The highest BCUT2D eigenvalue weighted by Crippen LogP contribution is 2.34. The van der Waals surface area contributed by atoms with Crippen LogP contribution in [0.15, 0.2) is 12.1 Å². The van der Waals surface area contributed by atoms with Gasteiger partial charge in [0.25, 0.3) is 0 Å². The van der Waals surface area contributed by atoms with Crippen LogP contribution in [0.1, 0.15) is 11.6 Å². The first kappa shape index (κ1) is 10.7. The zero-order chi connectivity index (χ0) is 10.7. The van der Waals surface area contributed by atoms with Gasteiger partial charge in [-0.25, -0.2) is 4.39 Å². The van der Waals surface area contributed by atoms with Crippen LogP contribution in [0, 0.1) is 5.82 Å². The van der Waals surface area contributed by atoms with Crippen LogP contribution >= 0.6 is 0 Å². The number of halogens is 1. The summed E-state index contributed by atoms with van der Waals surface area (Å²) in [5.74, 6) is -0.683. The number of methoxy groups -OCH3 is 1. The molecule has 1 atom stereocenters. The molecule has 14 heavy (non-hydrogen) atoms. The van der Waals surface area contributed by atoms with Crippen molar-refractivity contribution in [2.24, 2.45) is 11.5 Å². The number of ether oxygens (including phenoxy) is 1. The Morgan fingerprint density at radius 1 is 1.57 bits per heavy atom. The Kier molecular flexibility index (Phi) is 3.27. The van der Waals surface area contributed by atoms with Gasteiger partial charge >= 0.3 is 0 Å². The topological polar surface area (TPSA) is 81.5 Å². The van der Waals surface area contributed by atoms with Crippen LogP contribution < -0.4 is 16.2 Å². The highest BCUT2D eigenvalue weighted by Gasteiger charge is 2.18. The van der Waals surface area contributed by atoms with E-state index in [0.717, 1.165) is 0 Å². The molecule has 0 saturated carbocycles. The van der Waals surface area contributed by atoms with E-state index in [0.29, 0.717) is 0 Å². The molecule has 5 N–H and O–H groups in total. The van der Waals surface area contributed by atoms with E-state index in [4.69, 9.17) is 16.2 Å². The molecule has 1 aromatic carbocycles. The van der Waals surface area contributed by atoms with E-state index in [1.54, 1.807) is 0 Å². The molecule has 78 valence electrons. The molecular formula is C9H13FN2O2. The molecule has 0 aliphatic carbocycles. The lowest BCUT2D eigenvalue weighted by atomic mass is 10.1. The van der Waals surface area contributed by atoms with E-state index in [2.05, 4.69) is 0 Å². The van der Waals surface area contributed by atoms with Gasteiger partial charge in [0.1, 0.15) is 5.82 Å². The molecule has 0 saturated heterocycles. The fourth-order valence-electron chi connectivity index (χ4n) is 1.20. The third kappa shape index (κ3) is 1.78. The highest BCUT2D eigenvalue weighted by atomic mass is 19.1. The molecule has 4 nitrogen and oxygen atoms in total. The molecule has 0 amide bonds. The maximum Gasteiger partial charge on any atom is 0.165 e. The van der Waals surface area contributed by atoms with E-state index in [1.807, 2.05) is 0 Å². The smallest absolute Gasteiger partial charge is 0.165 e. The monoisotopic (exact) mass is 200 g/mol. The molecule has 0 aliphatic rings. The summed E-state index contributed by atoms with van der Waals surface area (Å²) in [6, 6.07) is 1.78. The van der Waals surface area contributed by atoms with E-state index >= 15 is 0 Å². The number of benzene rings is 1. The van der Waals surface area contributed by atoms with Crippen LogP contribution in [-0.2, 0) is 0 Å². The molecule has 1 aromatic rings. The molecule has 0 unspecified atom stereocenters. The van der Waals surface area contributed by atoms with Crippen molar-refractivity contribution < 1.29 is 14.2 Å². The first-order chi connectivity index (χ1) is 6.61. The van der Waals surface area contributed by atoms with Gasteiger partial charge in [0.05, 0.1) is 12.7 Å². The molecule has 0 heterocycles. The molecule has 0 spiro atoms. The lowest BCUT2D eigenvalue weighted by Crippen LogP contribution is -2.22. The lowest BCUT2D eigenvalue weighted by Gasteiger charge is -2.14. The predicted molar refractivity (Wildman–Crippen MR) is 50.6 cm³/mol.